The van der Waals surface area contributed by atoms with E-state index >= 15 is 0 Å². The van der Waals surface area contributed by atoms with Gasteiger partial charge in [0.05, 0.1) is 12.6 Å². The van der Waals surface area contributed by atoms with E-state index in [4.69, 9.17) is 4.74 Å². The van der Waals surface area contributed by atoms with Crippen LogP contribution in [0.5, 0.6) is 0 Å². The number of ether oxygens (including phenoxy) is 1. The summed E-state index contributed by atoms with van der Waals surface area (Å²) in [6, 6.07) is 19.7. The Morgan fingerprint density at radius 1 is 1.02 bits per heavy atom. The maximum absolute atomic E-state index is 13.0. The minimum atomic E-state index is -1.03. The molecule has 2 aromatic heterocycles. The van der Waals surface area contributed by atoms with Crippen molar-refractivity contribution >= 4 is 23.8 Å². The number of esters is 1. The van der Waals surface area contributed by atoms with Crippen LogP contribution in [-0.4, -0.2) is 56.1 Å². The summed E-state index contributed by atoms with van der Waals surface area (Å²) in [6.07, 6.45) is 2.84. The van der Waals surface area contributed by atoms with Crippen LogP contribution in [0.3, 0.4) is 0 Å². The molecular formula is C30H29N5O5. The number of carbonyl (C=O) groups is 3. The molecule has 2 aromatic carbocycles. The van der Waals surface area contributed by atoms with Crippen molar-refractivity contribution in [3.63, 3.8) is 0 Å². The molecule has 0 bridgehead atoms. The van der Waals surface area contributed by atoms with Gasteiger partial charge < -0.3 is 20.1 Å². The summed E-state index contributed by atoms with van der Waals surface area (Å²) in [7, 11) is 0. The Hall–Kier alpha value is -4.99. The second-order valence-corrected chi connectivity index (χ2v) is 9.38. The number of aromatic nitrogens is 3. The predicted molar refractivity (Wildman–Crippen MR) is 149 cm³/mol. The number of pyridine rings is 1. The maximum Gasteiger partial charge on any atom is 0.407 e. The second kappa shape index (κ2) is 11.8. The third kappa shape index (κ3) is 5.70. The van der Waals surface area contributed by atoms with E-state index in [1.165, 1.54) is 4.90 Å². The smallest absolute Gasteiger partial charge is 0.407 e. The fraction of sp³-hybridized carbons (Fsp3) is 0.233. The van der Waals surface area contributed by atoms with Gasteiger partial charge in [-0.25, -0.2) is 19.6 Å². The summed E-state index contributed by atoms with van der Waals surface area (Å²) >= 11 is 0. The van der Waals surface area contributed by atoms with E-state index in [2.05, 4.69) is 20.3 Å². The molecule has 204 valence electrons. The quantitative estimate of drug-likeness (QED) is 0.253. The molecular weight excluding hydrogens is 510 g/mol. The molecule has 1 aliphatic heterocycles. The first kappa shape index (κ1) is 26.6. The first-order chi connectivity index (χ1) is 19.4. The van der Waals surface area contributed by atoms with Crippen LogP contribution in [0.15, 0.2) is 72.9 Å². The summed E-state index contributed by atoms with van der Waals surface area (Å²) in [4.78, 5) is 50.8. The first-order valence-corrected chi connectivity index (χ1v) is 13.1. The van der Waals surface area contributed by atoms with Gasteiger partial charge in [-0.3, -0.25) is 9.69 Å². The minimum Gasteiger partial charge on any atom is -0.465 e. The van der Waals surface area contributed by atoms with E-state index in [1.807, 2.05) is 42.5 Å². The molecule has 0 radical (unpaired) electrons. The number of amides is 2. The Morgan fingerprint density at radius 2 is 1.80 bits per heavy atom. The summed E-state index contributed by atoms with van der Waals surface area (Å²) in [5.74, 6) is -0.101. The Morgan fingerprint density at radius 3 is 2.52 bits per heavy atom. The van der Waals surface area contributed by atoms with Gasteiger partial charge in [0.2, 0.25) is 0 Å². The molecule has 0 aliphatic carbocycles. The molecule has 40 heavy (non-hydrogen) atoms. The summed E-state index contributed by atoms with van der Waals surface area (Å²) in [5.41, 5.74) is 3.42. The average Bonchev–Trinajstić information content (AvgIpc) is 3.44. The van der Waals surface area contributed by atoms with Crippen molar-refractivity contribution in [1.29, 1.82) is 0 Å². The van der Waals surface area contributed by atoms with Crippen LogP contribution in [0.4, 0.5) is 10.6 Å². The number of nitrogens with one attached hydrogen (secondary N) is 2. The van der Waals surface area contributed by atoms with E-state index in [0.29, 0.717) is 41.4 Å². The van der Waals surface area contributed by atoms with Gasteiger partial charge >= 0.3 is 12.1 Å². The van der Waals surface area contributed by atoms with E-state index in [1.54, 1.807) is 37.4 Å². The highest BCUT2D eigenvalue weighted by molar-refractivity contribution is 6.04. The van der Waals surface area contributed by atoms with Crippen LogP contribution in [-0.2, 0) is 4.74 Å². The highest BCUT2D eigenvalue weighted by Crippen LogP contribution is 2.33. The SMILES string of the molecule is CCOC(=O)c1[nH]c([C@@H]2CCCCN2C(=O)O)nc1-c1ccc(C(=O)Nc2cc(-c3ccccc3)ccn2)cc1. The second-order valence-electron chi connectivity index (χ2n) is 9.38. The summed E-state index contributed by atoms with van der Waals surface area (Å²) < 4.78 is 5.22. The number of piperidine rings is 1. The molecule has 1 atom stereocenters. The van der Waals surface area contributed by atoms with Crippen molar-refractivity contribution in [2.24, 2.45) is 0 Å². The number of H-pyrrole nitrogens is 1. The molecule has 3 heterocycles. The zero-order chi connectivity index (χ0) is 28.1. The number of anilines is 1. The van der Waals surface area contributed by atoms with Crippen LogP contribution in [0.1, 0.15) is 58.9 Å². The number of hydrogen-bond donors (Lipinski definition) is 3. The van der Waals surface area contributed by atoms with Crippen molar-refractivity contribution in [2.75, 3.05) is 18.5 Å². The van der Waals surface area contributed by atoms with Gasteiger partial charge in [0.15, 0.2) is 5.69 Å². The number of benzene rings is 2. The molecule has 3 N–H and O–H groups in total. The largest absolute Gasteiger partial charge is 0.465 e. The van der Waals surface area contributed by atoms with Gasteiger partial charge in [0, 0.05) is 23.9 Å². The molecule has 1 aliphatic rings. The molecule has 0 unspecified atom stereocenters. The third-order valence-electron chi connectivity index (χ3n) is 6.80. The molecule has 10 nitrogen and oxygen atoms in total. The summed E-state index contributed by atoms with van der Waals surface area (Å²) in [6.45, 7) is 2.29. The molecule has 10 heteroatoms. The van der Waals surface area contributed by atoms with Gasteiger partial charge in [0.1, 0.15) is 17.3 Å². The van der Waals surface area contributed by atoms with Crippen LogP contribution >= 0.6 is 0 Å². The lowest BCUT2D eigenvalue weighted by Crippen LogP contribution is -2.38. The summed E-state index contributed by atoms with van der Waals surface area (Å²) in [5, 5.41) is 12.5. The number of carboxylic acid groups (broad SMARTS) is 1. The standard InChI is InChI=1S/C30H29N5O5/c1-2-40-29(37)26-25(33-27(34-26)23-10-6-7-17-35(23)30(38)39)20-11-13-21(14-12-20)28(36)32-24-18-22(15-16-31-24)19-8-4-3-5-9-19/h3-5,8-9,11-16,18,23H,2,6-7,10,17H2,1H3,(H,33,34)(H,38,39)(H,31,32,36)/t23-/m0/s1. The number of hydrogen-bond acceptors (Lipinski definition) is 6. The fourth-order valence-electron chi connectivity index (χ4n) is 4.83. The van der Waals surface area contributed by atoms with Crippen molar-refractivity contribution in [2.45, 2.75) is 32.2 Å². The Balaban J connectivity index is 1.39. The zero-order valence-electron chi connectivity index (χ0n) is 22.0. The average molecular weight is 540 g/mol. The molecule has 0 saturated carbocycles. The van der Waals surface area contributed by atoms with Crippen molar-refractivity contribution in [3.8, 4) is 22.4 Å². The highest BCUT2D eigenvalue weighted by atomic mass is 16.5. The zero-order valence-corrected chi connectivity index (χ0v) is 22.0. The van der Waals surface area contributed by atoms with Crippen LogP contribution in [0.25, 0.3) is 22.4 Å². The molecule has 4 aromatic rings. The van der Waals surface area contributed by atoms with E-state index in [0.717, 1.165) is 24.0 Å². The number of aromatic amines is 1. The van der Waals surface area contributed by atoms with Crippen molar-refractivity contribution in [1.82, 2.24) is 19.9 Å². The molecule has 0 spiro atoms. The van der Waals surface area contributed by atoms with Gasteiger partial charge in [-0.2, -0.15) is 0 Å². The predicted octanol–water partition coefficient (Wildman–Crippen LogP) is 5.77. The van der Waals surface area contributed by atoms with E-state index in [9.17, 15) is 19.5 Å². The Bertz CT molecular complexity index is 1520. The topological polar surface area (TPSA) is 138 Å². The number of rotatable bonds is 7. The van der Waals surface area contributed by atoms with Crippen molar-refractivity contribution < 1.29 is 24.2 Å². The van der Waals surface area contributed by atoms with Gasteiger partial charge in [-0.15, -0.1) is 0 Å². The van der Waals surface area contributed by atoms with Gasteiger partial charge in [-0.05, 0) is 61.6 Å². The van der Waals surface area contributed by atoms with Gasteiger partial charge in [0.25, 0.3) is 5.91 Å². The normalized spacial score (nSPS) is 14.9. The lowest BCUT2D eigenvalue weighted by Gasteiger charge is -2.32. The van der Waals surface area contributed by atoms with E-state index in [-0.39, 0.29) is 18.2 Å². The first-order valence-electron chi connectivity index (χ1n) is 13.1. The molecule has 1 fully saturated rings. The van der Waals surface area contributed by atoms with Crippen molar-refractivity contribution in [3.05, 3.63) is 90.0 Å². The number of carbonyl (C=O) groups excluding carboxylic acids is 2. The lowest BCUT2D eigenvalue weighted by atomic mass is 10.0. The van der Waals surface area contributed by atoms with Crippen LogP contribution in [0.2, 0.25) is 0 Å². The fourth-order valence-corrected chi connectivity index (χ4v) is 4.83. The number of nitrogens with zero attached hydrogens (tertiary/aromatic N) is 3. The Kier molecular flexibility index (Phi) is 7.86. The Labute approximate surface area is 231 Å². The lowest BCUT2D eigenvalue weighted by molar-refractivity contribution is 0.0520. The minimum absolute atomic E-state index is 0.145. The third-order valence-corrected chi connectivity index (χ3v) is 6.80. The number of imidazole rings is 1. The van der Waals surface area contributed by atoms with Crippen LogP contribution < -0.4 is 5.32 Å². The highest BCUT2D eigenvalue weighted by Gasteiger charge is 2.32. The van der Waals surface area contributed by atoms with E-state index < -0.39 is 18.1 Å². The van der Waals surface area contributed by atoms with Gasteiger partial charge in [-0.1, -0.05) is 42.5 Å². The molecule has 1 saturated heterocycles. The van der Waals surface area contributed by atoms with Crippen LogP contribution in [0, 0.1) is 0 Å². The number of likely N-dealkylation sites (tertiary alicyclic amines) is 1. The maximum atomic E-state index is 13.0. The monoisotopic (exact) mass is 539 g/mol. The molecule has 5 rings (SSSR count). The molecule has 2 amide bonds.